The topological polar surface area (TPSA) is 97.8 Å². The summed E-state index contributed by atoms with van der Waals surface area (Å²) in [5.41, 5.74) is 4.46. The van der Waals surface area contributed by atoms with Gasteiger partial charge in [0.25, 0.3) is 0 Å². The Balaban J connectivity index is 2.06. The molecule has 1 aliphatic heterocycles. The third kappa shape index (κ3) is 2.18. The fraction of sp³-hybridized carbons (Fsp3) is 0.500. The van der Waals surface area contributed by atoms with Crippen molar-refractivity contribution >= 4 is 11.9 Å². The monoisotopic (exact) mass is 274 g/mol. The van der Waals surface area contributed by atoms with E-state index in [1.165, 1.54) is 0 Å². The smallest absolute Gasteiger partial charge is 0.243 e. The van der Waals surface area contributed by atoms with Crippen molar-refractivity contribution in [3.8, 4) is 5.95 Å². The number of nitrogens with two attached hydrogens (primary N) is 1. The fourth-order valence-electron chi connectivity index (χ4n) is 2.29. The highest BCUT2D eigenvalue weighted by Gasteiger charge is 2.18. The van der Waals surface area contributed by atoms with Crippen LogP contribution in [-0.2, 0) is 0 Å². The average molecular weight is 274 g/mol. The SMILES string of the molecule is Cc1ncn(-c2nc(NN)nc(N3CCCC3)n2)c1C. The first kappa shape index (κ1) is 12.8. The maximum absolute atomic E-state index is 5.46. The van der Waals surface area contributed by atoms with E-state index in [0.717, 1.165) is 37.3 Å². The summed E-state index contributed by atoms with van der Waals surface area (Å²) in [6.07, 6.45) is 4.04. The lowest BCUT2D eigenvalue weighted by Crippen LogP contribution is -2.23. The Labute approximate surface area is 117 Å². The molecule has 0 aromatic carbocycles. The van der Waals surface area contributed by atoms with Crippen LogP contribution < -0.4 is 16.2 Å². The number of aromatic nitrogens is 5. The quantitative estimate of drug-likeness (QED) is 0.623. The summed E-state index contributed by atoms with van der Waals surface area (Å²) >= 11 is 0. The number of hydrogen-bond donors (Lipinski definition) is 2. The third-order valence-electron chi connectivity index (χ3n) is 3.60. The Morgan fingerprint density at radius 3 is 2.40 bits per heavy atom. The number of imidazole rings is 1. The maximum Gasteiger partial charge on any atom is 0.243 e. The molecule has 0 atom stereocenters. The van der Waals surface area contributed by atoms with Crippen molar-refractivity contribution in [3.05, 3.63) is 17.7 Å². The summed E-state index contributed by atoms with van der Waals surface area (Å²) in [5, 5.41) is 0. The number of nitrogens with zero attached hydrogens (tertiary/aromatic N) is 6. The number of hydrazine groups is 1. The Morgan fingerprint density at radius 1 is 1.10 bits per heavy atom. The van der Waals surface area contributed by atoms with Gasteiger partial charge in [-0.25, -0.2) is 10.8 Å². The minimum atomic E-state index is 0.364. The molecule has 0 amide bonds. The van der Waals surface area contributed by atoms with Gasteiger partial charge >= 0.3 is 0 Å². The molecule has 0 aliphatic carbocycles. The molecule has 8 heteroatoms. The van der Waals surface area contributed by atoms with Crippen LogP contribution >= 0.6 is 0 Å². The summed E-state index contributed by atoms with van der Waals surface area (Å²) in [5.74, 6) is 7.02. The minimum Gasteiger partial charge on any atom is -0.341 e. The number of nitrogen functional groups attached to an aromatic ring is 1. The zero-order valence-corrected chi connectivity index (χ0v) is 11.7. The zero-order valence-electron chi connectivity index (χ0n) is 11.7. The van der Waals surface area contributed by atoms with E-state index in [-0.39, 0.29) is 0 Å². The van der Waals surface area contributed by atoms with Crippen LogP contribution in [0, 0.1) is 13.8 Å². The molecule has 0 spiro atoms. The lowest BCUT2D eigenvalue weighted by Gasteiger charge is -2.16. The number of aryl methyl sites for hydroxylation is 1. The number of anilines is 2. The molecule has 2 aromatic heterocycles. The van der Waals surface area contributed by atoms with Crippen LogP contribution in [0.5, 0.6) is 0 Å². The van der Waals surface area contributed by atoms with E-state index in [9.17, 15) is 0 Å². The second-order valence-corrected chi connectivity index (χ2v) is 4.88. The Morgan fingerprint density at radius 2 is 1.80 bits per heavy atom. The van der Waals surface area contributed by atoms with Crippen LogP contribution in [0.1, 0.15) is 24.2 Å². The second kappa shape index (κ2) is 5.04. The van der Waals surface area contributed by atoms with Crippen molar-refractivity contribution in [2.24, 2.45) is 5.84 Å². The van der Waals surface area contributed by atoms with Gasteiger partial charge in [-0.3, -0.25) is 9.99 Å². The van der Waals surface area contributed by atoms with Crippen LogP contribution in [0.15, 0.2) is 6.33 Å². The second-order valence-electron chi connectivity index (χ2n) is 4.88. The molecule has 0 bridgehead atoms. The largest absolute Gasteiger partial charge is 0.341 e. The van der Waals surface area contributed by atoms with Crippen LogP contribution in [0.4, 0.5) is 11.9 Å². The van der Waals surface area contributed by atoms with Gasteiger partial charge in [-0.05, 0) is 26.7 Å². The first-order chi connectivity index (χ1) is 9.69. The van der Waals surface area contributed by atoms with Crippen LogP contribution in [0.3, 0.4) is 0 Å². The molecule has 3 N–H and O–H groups in total. The van der Waals surface area contributed by atoms with Gasteiger partial charge < -0.3 is 4.90 Å². The van der Waals surface area contributed by atoms with E-state index in [1.807, 2.05) is 18.4 Å². The molecule has 2 aromatic rings. The maximum atomic E-state index is 5.46. The minimum absolute atomic E-state index is 0.364. The molecule has 106 valence electrons. The highest BCUT2D eigenvalue weighted by atomic mass is 15.4. The van der Waals surface area contributed by atoms with Gasteiger partial charge in [-0.2, -0.15) is 15.0 Å². The van der Waals surface area contributed by atoms with Crippen molar-refractivity contribution in [3.63, 3.8) is 0 Å². The summed E-state index contributed by atoms with van der Waals surface area (Å²) in [4.78, 5) is 19.6. The van der Waals surface area contributed by atoms with E-state index in [1.54, 1.807) is 6.33 Å². The Kier molecular flexibility index (Phi) is 3.23. The molecule has 0 saturated carbocycles. The number of nitrogens with one attached hydrogen (secondary N) is 1. The Hall–Kier alpha value is -2.22. The molecule has 3 heterocycles. The summed E-state index contributed by atoms with van der Waals surface area (Å²) in [7, 11) is 0. The molecule has 1 aliphatic rings. The van der Waals surface area contributed by atoms with Crippen LogP contribution in [0.25, 0.3) is 5.95 Å². The first-order valence-electron chi connectivity index (χ1n) is 6.67. The molecule has 1 saturated heterocycles. The van der Waals surface area contributed by atoms with Crippen LogP contribution in [-0.4, -0.2) is 37.6 Å². The highest BCUT2D eigenvalue weighted by Crippen LogP contribution is 2.19. The molecule has 1 fully saturated rings. The van der Waals surface area contributed by atoms with Gasteiger partial charge in [0.1, 0.15) is 6.33 Å². The predicted octanol–water partition coefficient (Wildman–Crippen LogP) is 0.560. The van der Waals surface area contributed by atoms with Gasteiger partial charge in [0, 0.05) is 18.8 Å². The van der Waals surface area contributed by atoms with Gasteiger partial charge in [-0.1, -0.05) is 0 Å². The van der Waals surface area contributed by atoms with E-state index in [4.69, 9.17) is 5.84 Å². The highest BCUT2D eigenvalue weighted by molar-refractivity contribution is 5.41. The molecule has 20 heavy (non-hydrogen) atoms. The fourth-order valence-corrected chi connectivity index (χ4v) is 2.29. The molecular formula is C12H18N8. The molecular weight excluding hydrogens is 256 g/mol. The van der Waals surface area contributed by atoms with Crippen molar-refractivity contribution < 1.29 is 0 Å². The molecule has 0 unspecified atom stereocenters. The van der Waals surface area contributed by atoms with Crippen molar-refractivity contribution in [1.82, 2.24) is 24.5 Å². The Bertz CT molecular complexity index is 614. The van der Waals surface area contributed by atoms with Gasteiger partial charge in [0.05, 0.1) is 5.69 Å². The van der Waals surface area contributed by atoms with E-state index >= 15 is 0 Å². The lowest BCUT2D eigenvalue weighted by atomic mass is 10.4. The van der Waals surface area contributed by atoms with Gasteiger partial charge in [0.15, 0.2) is 0 Å². The summed E-state index contributed by atoms with van der Waals surface area (Å²) < 4.78 is 1.84. The molecule has 3 rings (SSSR count). The van der Waals surface area contributed by atoms with Gasteiger partial charge in [-0.15, -0.1) is 0 Å². The van der Waals surface area contributed by atoms with Gasteiger partial charge in [0.2, 0.25) is 17.8 Å². The van der Waals surface area contributed by atoms with E-state index in [0.29, 0.717) is 17.8 Å². The van der Waals surface area contributed by atoms with Crippen LogP contribution in [0.2, 0.25) is 0 Å². The zero-order chi connectivity index (χ0) is 14.1. The van der Waals surface area contributed by atoms with Crippen molar-refractivity contribution in [2.45, 2.75) is 26.7 Å². The predicted molar refractivity (Wildman–Crippen MR) is 75.7 cm³/mol. The molecule has 0 radical (unpaired) electrons. The van der Waals surface area contributed by atoms with Crippen molar-refractivity contribution in [1.29, 1.82) is 0 Å². The standard InChI is InChI=1S/C12H18N8/c1-8-9(2)20(7-14-8)12-16-10(18-13)15-11(17-12)19-5-3-4-6-19/h7H,3-6,13H2,1-2H3,(H,15,16,17,18). The molecule has 8 nitrogen and oxygen atoms in total. The lowest BCUT2D eigenvalue weighted by molar-refractivity contribution is 0.827. The normalized spacial score (nSPS) is 14.8. The number of rotatable bonds is 3. The summed E-state index contributed by atoms with van der Waals surface area (Å²) in [6, 6.07) is 0. The first-order valence-corrected chi connectivity index (χ1v) is 6.67. The van der Waals surface area contributed by atoms with E-state index in [2.05, 4.69) is 30.3 Å². The van der Waals surface area contributed by atoms with Crippen molar-refractivity contribution in [2.75, 3.05) is 23.4 Å². The third-order valence-corrected chi connectivity index (χ3v) is 3.60. The number of hydrogen-bond acceptors (Lipinski definition) is 7. The average Bonchev–Trinajstić information content (AvgIpc) is 3.10. The summed E-state index contributed by atoms with van der Waals surface area (Å²) in [6.45, 7) is 5.87. The van der Waals surface area contributed by atoms with E-state index < -0.39 is 0 Å².